The van der Waals surface area contributed by atoms with Crippen LogP contribution in [0.1, 0.15) is 94.9 Å². The monoisotopic (exact) mass is 791 g/mol. The molecule has 4 fully saturated rings. The van der Waals surface area contributed by atoms with Crippen LogP contribution < -0.4 is 4.90 Å². The molecule has 13 rings (SSSR count). The molecule has 0 heterocycles. The van der Waals surface area contributed by atoms with E-state index >= 15 is 0 Å². The molecule has 61 heavy (non-hydrogen) atoms. The third-order valence-electron chi connectivity index (χ3n) is 16.5. The lowest BCUT2D eigenvalue weighted by molar-refractivity contribution is -0.0399. The fraction of sp³-hybridized carbons (Fsp3) is 0.300. The van der Waals surface area contributed by atoms with Crippen LogP contribution in [-0.4, -0.2) is 0 Å². The topological polar surface area (TPSA) is 3.24 Å². The van der Waals surface area contributed by atoms with E-state index in [1.54, 1.807) is 11.1 Å². The lowest BCUT2D eigenvalue weighted by Gasteiger charge is -2.61. The molecule has 1 nitrogen and oxygen atoms in total. The number of hydrogen-bond acceptors (Lipinski definition) is 1. The highest BCUT2D eigenvalue weighted by molar-refractivity contribution is 5.95. The first-order valence-electron chi connectivity index (χ1n) is 23.2. The van der Waals surface area contributed by atoms with E-state index in [0.717, 1.165) is 29.4 Å². The Bertz CT molecular complexity index is 2760. The summed E-state index contributed by atoms with van der Waals surface area (Å²) in [5, 5.41) is 0. The lowest BCUT2D eigenvalue weighted by atomic mass is 9.43. The van der Waals surface area contributed by atoms with Crippen molar-refractivity contribution in [3.05, 3.63) is 186 Å². The Kier molecular flexibility index (Phi) is 8.32. The summed E-state index contributed by atoms with van der Waals surface area (Å²) in [6, 6.07) is 62.9. The molecule has 302 valence electrons. The summed E-state index contributed by atoms with van der Waals surface area (Å²) in [6.45, 7) is 9.69. The van der Waals surface area contributed by atoms with Crippen molar-refractivity contribution in [1.29, 1.82) is 0 Å². The molecule has 7 aromatic carbocycles. The van der Waals surface area contributed by atoms with Gasteiger partial charge in [0, 0.05) is 22.4 Å². The van der Waals surface area contributed by atoms with Gasteiger partial charge in [0.25, 0.3) is 0 Å². The summed E-state index contributed by atoms with van der Waals surface area (Å²) in [5.41, 5.74) is 20.8. The van der Waals surface area contributed by atoms with Crippen LogP contribution in [-0.2, 0) is 16.2 Å². The first-order valence-corrected chi connectivity index (χ1v) is 23.2. The molecule has 1 spiro atoms. The quantitative estimate of drug-likeness (QED) is 0.162. The maximum Gasteiger partial charge on any atom is 0.0546 e. The average Bonchev–Trinajstić information content (AvgIpc) is 3.57. The van der Waals surface area contributed by atoms with Crippen molar-refractivity contribution < 1.29 is 0 Å². The van der Waals surface area contributed by atoms with Crippen LogP contribution in [0.25, 0.3) is 44.5 Å². The van der Waals surface area contributed by atoms with Gasteiger partial charge in [-0.3, -0.25) is 0 Å². The van der Waals surface area contributed by atoms with Crippen LogP contribution >= 0.6 is 0 Å². The molecule has 0 saturated heterocycles. The third kappa shape index (κ3) is 5.72. The largest absolute Gasteiger partial charge is 0.310 e. The summed E-state index contributed by atoms with van der Waals surface area (Å²) in [6.07, 6.45) is 9.44. The van der Waals surface area contributed by atoms with E-state index in [2.05, 4.69) is 196 Å². The Hall–Kier alpha value is -5.66. The van der Waals surface area contributed by atoms with Crippen LogP contribution in [0.5, 0.6) is 0 Å². The highest BCUT2D eigenvalue weighted by atomic mass is 15.1. The molecule has 0 radical (unpaired) electrons. The first-order chi connectivity index (χ1) is 29.7. The minimum atomic E-state index is 0.101. The number of fused-ring (bicyclic) bond motifs is 4. The molecule has 0 N–H and O–H groups in total. The van der Waals surface area contributed by atoms with Crippen molar-refractivity contribution in [2.24, 2.45) is 23.7 Å². The Labute approximate surface area is 363 Å². The summed E-state index contributed by atoms with van der Waals surface area (Å²) < 4.78 is 0. The van der Waals surface area contributed by atoms with Gasteiger partial charge in [0.1, 0.15) is 0 Å². The van der Waals surface area contributed by atoms with Crippen LogP contribution in [0.4, 0.5) is 17.1 Å². The summed E-state index contributed by atoms with van der Waals surface area (Å²) in [7, 11) is 0. The molecule has 7 aromatic rings. The predicted molar refractivity (Wildman–Crippen MR) is 256 cm³/mol. The van der Waals surface area contributed by atoms with Crippen molar-refractivity contribution in [2.75, 3.05) is 4.90 Å². The van der Waals surface area contributed by atoms with Gasteiger partial charge in [-0.15, -0.1) is 0 Å². The first kappa shape index (κ1) is 37.1. The zero-order valence-electron chi connectivity index (χ0n) is 36.3. The maximum atomic E-state index is 2.68. The van der Waals surface area contributed by atoms with E-state index in [1.165, 1.54) is 112 Å². The Morgan fingerprint density at radius 3 is 1.51 bits per heavy atom. The van der Waals surface area contributed by atoms with Gasteiger partial charge < -0.3 is 4.90 Å². The van der Waals surface area contributed by atoms with Crippen molar-refractivity contribution in [3.63, 3.8) is 0 Å². The minimum Gasteiger partial charge on any atom is -0.310 e. The molecule has 0 aromatic heterocycles. The summed E-state index contributed by atoms with van der Waals surface area (Å²) in [4.78, 5) is 2.55. The fourth-order valence-electron chi connectivity index (χ4n) is 13.7. The highest BCUT2D eigenvalue weighted by Gasteiger charge is 2.61. The average molecular weight is 792 g/mol. The van der Waals surface area contributed by atoms with Gasteiger partial charge in [0.2, 0.25) is 0 Å². The third-order valence-corrected chi connectivity index (χ3v) is 16.5. The number of rotatable bonds is 6. The van der Waals surface area contributed by atoms with Crippen LogP contribution in [0.3, 0.4) is 0 Å². The van der Waals surface area contributed by atoms with Gasteiger partial charge in [0.15, 0.2) is 0 Å². The zero-order valence-corrected chi connectivity index (χ0v) is 36.3. The van der Waals surface area contributed by atoms with Gasteiger partial charge in [-0.05, 0) is 177 Å². The number of anilines is 3. The summed E-state index contributed by atoms with van der Waals surface area (Å²) in [5.74, 6) is 3.26. The molecule has 0 atom stereocenters. The lowest BCUT2D eigenvalue weighted by Crippen LogP contribution is -2.55. The molecular formula is C60H57N. The second kappa shape index (κ2) is 13.7. The number of benzene rings is 7. The molecule has 6 aliphatic carbocycles. The molecule has 1 heteroatoms. The van der Waals surface area contributed by atoms with Crippen molar-refractivity contribution in [2.45, 2.75) is 88.9 Å². The van der Waals surface area contributed by atoms with Gasteiger partial charge in [-0.2, -0.15) is 0 Å². The Morgan fingerprint density at radius 1 is 0.377 bits per heavy atom. The molecule has 0 unspecified atom stereocenters. The zero-order chi connectivity index (χ0) is 41.1. The molecule has 6 aliphatic rings. The van der Waals surface area contributed by atoms with Crippen molar-refractivity contribution >= 4 is 17.1 Å². The van der Waals surface area contributed by atoms with E-state index in [0.29, 0.717) is 0 Å². The normalized spacial score (nSPS) is 24.6. The van der Waals surface area contributed by atoms with Gasteiger partial charge in [-0.25, -0.2) is 0 Å². The van der Waals surface area contributed by atoms with E-state index in [-0.39, 0.29) is 16.2 Å². The smallest absolute Gasteiger partial charge is 0.0546 e. The van der Waals surface area contributed by atoms with Crippen LogP contribution in [0.2, 0.25) is 0 Å². The molecule has 0 amide bonds. The van der Waals surface area contributed by atoms with Crippen molar-refractivity contribution in [3.8, 4) is 44.5 Å². The fourth-order valence-corrected chi connectivity index (χ4v) is 13.7. The second-order valence-corrected chi connectivity index (χ2v) is 20.8. The van der Waals surface area contributed by atoms with Gasteiger partial charge in [-0.1, -0.05) is 155 Å². The van der Waals surface area contributed by atoms with E-state index in [4.69, 9.17) is 0 Å². The molecular weight excluding hydrogens is 735 g/mol. The summed E-state index contributed by atoms with van der Waals surface area (Å²) >= 11 is 0. The standard InChI is InChI=1S/C60H57N/c1-58(2)29-30-59(3,4)56-36-45(23-28-54(56)58)43-21-26-49(27-22-43)61(48-24-19-42(20-25-48)41-13-7-5-8-14-41)57-38-52-50-17-11-12-18-53(50)60(46-32-39-31-40(34-46)35-47(60)33-39)55(52)37-51(57)44-15-9-6-10-16-44/h5-28,36-40,46-47H,29-35H2,1-4H3. The highest BCUT2D eigenvalue weighted by Crippen LogP contribution is 2.70. The Balaban J connectivity index is 1.05. The van der Waals surface area contributed by atoms with E-state index < -0.39 is 0 Å². The Morgan fingerprint density at radius 2 is 0.885 bits per heavy atom. The van der Waals surface area contributed by atoms with Crippen molar-refractivity contribution in [1.82, 2.24) is 0 Å². The number of nitrogens with zero attached hydrogens (tertiary/aromatic N) is 1. The molecule has 4 bridgehead atoms. The van der Waals surface area contributed by atoms with Gasteiger partial charge >= 0.3 is 0 Å². The van der Waals surface area contributed by atoms with Crippen LogP contribution in [0.15, 0.2) is 164 Å². The predicted octanol–water partition coefficient (Wildman–Crippen LogP) is 16.2. The molecule has 0 aliphatic heterocycles. The van der Waals surface area contributed by atoms with E-state index in [9.17, 15) is 0 Å². The van der Waals surface area contributed by atoms with Gasteiger partial charge in [0.05, 0.1) is 5.69 Å². The maximum absolute atomic E-state index is 2.68. The SMILES string of the molecule is CC1(C)CCC(C)(C)c2cc(-c3ccc(N(c4ccc(-c5ccccc5)cc4)c4cc5c(cc4-c4ccccc4)C4(c6ccccc6-5)C5CC6CC(C5)CC4C6)cc3)ccc21. The van der Waals surface area contributed by atoms with Crippen LogP contribution in [0, 0.1) is 23.7 Å². The number of hydrogen-bond donors (Lipinski definition) is 0. The second-order valence-electron chi connectivity index (χ2n) is 20.8. The minimum absolute atomic E-state index is 0.101. The molecule has 4 saturated carbocycles. The van der Waals surface area contributed by atoms with E-state index in [1.807, 2.05) is 0 Å².